The van der Waals surface area contributed by atoms with E-state index in [2.05, 4.69) is 24.5 Å². The lowest BCUT2D eigenvalue weighted by Gasteiger charge is -2.25. The van der Waals surface area contributed by atoms with Gasteiger partial charge in [0.2, 0.25) is 5.91 Å². The minimum atomic E-state index is -0.387. The largest absolute Gasteiger partial charge is 0.396 e. The molecule has 0 aromatic rings. The molecule has 0 aromatic carbocycles. The number of nitrogens with one attached hydrogen (secondary N) is 2. The maximum absolute atomic E-state index is 12.1. The van der Waals surface area contributed by atoms with Crippen LogP contribution in [0.25, 0.3) is 0 Å². The van der Waals surface area contributed by atoms with Gasteiger partial charge in [-0.3, -0.25) is 4.79 Å². The molecule has 1 saturated heterocycles. The number of amides is 1. The molecule has 1 fully saturated rings. The van der Waals surface area contributed by atoms with Crippen molar-refractivity contribution in [3.05, 3.63) is 0 Å². The number of rotatable bonds is 7. The molecule has 2 atom stereocenters. The fourth-order valence-corrected chi connectivity index (χ4v) is 2.67. The summed E-state index contributed by atoms with van der Waals surface area (Å²) in [6.45, 7) is 8.12. The number of aliphatic hydroxyl groups excluding tert-OH is 1. The van der Waals surface area contributed by atoms with E-state index >= 15 is 0 Å². The van der Waals surface area contributed by atoms with Crippen LogP contribution in [0.1, 0.15) is 46.5 Å². The Morgan fingerprint density at radius 2 is 2.22 bits per heavy atom. The maximum atomic E-state index is 12.1. The molecule has 0 saturated carbocycles. The molecule has 0 spiro atoms. The fraction of sp³-hybridized carbons (Fsp3) is 0.929. The molecule has 1 rings (SSSR count). The van der Waals surface area contributed by atoms with Crippen molar-refractivity contribution in [2.24, 2.45) is 11.8 Å². The first kappa shape index (κ1) is 15.4. The monoisotopic (exact) mass is 256 g/mol. The van der Waals surface area contributed by atoms with Gasteiger partial charge in [-0.15, -0.1) is 0 Å². The summed E-state index contributed by atoms with van der Waals surface area (Å²) in [5.74, 6) is 1.08. The minimum absolute atomic E-state index is 0.103. The van der Waals surface area contributed by atoms with Crippen molar-refractivity contribution in [1.29, 1.82) is 0 Å². The molecule has 1 aliphatic heterocycles. The molecule has 4 heteroatoms. The van der Waals surface area contributed by atoms with Crippen molar-refractivity contribution in [3.63, 3.8) is 0 Å². The lowest BCUT2D eigenvalue weighted by Crippen LogP contribution is -2.52. The zero-order valence-corrected chi connectivity index (χ0v) is 12.0. The van der Waals surface area contributed by atoms with Crippen LogP contribution in [0.4, 0.5) is 0 Å². The molecule has 1 heterocycles. The molecular formula is C14H28N2O2. The Bertz CT molecular complexity index is 261. The third-order valence-electron chi connectivity index (χ3n) is 3.76. The topological polar surface area (TPSA) is 61.4 Å². The second kappa shape index (κ2) is 7.10. The number of carbonyl (C=O) groups excluding carboxylic acids is 1. The van der Waals surface area contributed by atoms with Gasteiger partial charge in [-0.25, -0.2) is 0 Å². The summed E-state index contributed by atoms with van der Waals surface area (Å²) < 4.78 is 0. The summed E-state index contributed by atoms with van der Waals surface area (Å²) in [4.78, 5) is 12.1. The normalized spacial score (nSPS) is 25.4. The van der Waals surface area contributed by atoms with Crippen molar-refractivity contribution >= 4 is 5.91 Å². The minimum Gasteiger partial charge on any atom is -0.396 e. The summed E-state index contributed by atoms with van der Waals surface area (Å²) in [6, 6.07) is 0. The number of hydrogen-bond donors (Lipinski definition) is 3. The summed E-state index contributed by atoms with van der Waals surface area (Å²) >= 11 is 0. The van der Waals surface area contributed by atoms with Gasteiger partial charge in [-0.1, -0.05) is 13.8 Å². The van der Waals surface area contributed by atoms with E-state index in [0.29, 0.717) is 18.4 Å². The van der Waals surface area contributed by atoms with E-state index in [1.807, 2.05) is 6.92 Å². The summed E-state index contributed by atoms with van der Waals surface area (Å²) in [7, 11) is 0. The van der Waals surface area contributed by atoms with Crippen LogP contribution in [0.5, 0.6) is 0 Å². The number of carbonyl (C=O) groups is 1. The molecule has 0 aromatic heterocycles. The summed E-state index contributed by atoms with van der Waals surface area (Å²) in [6.07, 6.45) is 3.79. The lowest BCUT2D eigenvalue weighted by atomic mass is 9.93. The predicted octanol–water partition coefficient (Wildman–Crippen LogP) is 1.29. The van der Waals surface area contributed by atoms with Crippen LogP contribution in [-0.2, 0) is 4.79 Å². The van der Waals surface area contributed by atoms with E-state index in [4.69, 9.17) is 5.11 Å². The highest BCUT2D eigenvalue weighted by atomic mass is 16.3. The van der Waals surface area contributed by atoms with E-state index in [9.17, 15) is 4.79 Å². The molecule has 1 aliphatic rings. The van der Waals surface area contributed by atoms with E-state index in [1.165, 1.54) is 0 Å². The van der Waals surface area contributed by atoms with Gasteiger partial charge < -0.3 is 15.7 Å². The van der Waals surface area contributed by atoms with Crippen LogP contribution < -0.4 is 10.6 Å². The first-order valence-electron chi connectivity index (χ1n) is 7.12. The summed E-state index contributed by atoms with van der Waals surface area (Å²) in [5, 5.41) is 15.4. The Balaban J connectivity index is 2.38. The van der Waals surface area contributed by atoms with Crippen molar-refractivity contribution in [3.8, 4) is 0 Å². The third kappa shape index (κ3) is 4.58. The lowest BCUT2D eigenvalue weighted by molar-refractivity contribution is -0.126. The zero-order chi connectivity index (χ0) is 13.6. The standard InChI is InChI=1S/C14H28N2O2/c1-11(2)9-12(5-8-17)10-15-13(18)14(3)6-4-7-16-14/h11-12,16-17H,4-10H2,1-3H3,(H,15,18). The van der Waals surface area contributed by atoms with E-state index in [-0.39, 0.29) is 18.1 Å². The van der Waals surface area contributed by atoms with Crippen molar-refractivity contribution in [1.82, 2.24) is 10.6 Å². The molecule has 18 heavy (non-hydrogen) atoms. The van der Waals surface area contributed by atoms with E-state index in [0.717, 1.165) is 32.2 Å². The third-order valence-corrected chi connectivity index (χ3v) is 3.76. The van der Waals surface area contributed by atoms with Crippen LogP contribution in [0.15, 0.2) is 0 Å². The van der Waals surface area contributed by atoms with Gasteiger partial charge in [0, 0.05) is 13.2 Å². The molecule has 106 valence electrons. The summed E-state index contributed by atoms with van der Waals surface area (Å²) in [5.41, 5.74) is -0.387. The second-order valence-electron chi connectivity index (χ2n) is 6.08. The second-order valence-corrected chi connectivity index (χ2v) is 6.08. The molecule has 1 amide bonds. The average molecular weight is 256 g/mol. The molecule has 0 bridgehead atoms. The highest BCUT2D eigenvalue weighted by Crippen LogP contribution is 2.19. The van der Waals surface area contributed by atoms with Gasteiger partial charge in [0.15, 0.2) is 0 Å². The molecule has 0 aliphatic carbocycles. The Labute approximate surface area is 111 Å². The number of hydrogen-bond acceptors (Lipinski definition) is 3. The zero-order valence-electron chi connectivity index (χ0n) is 12.0. The molecule has 0 radical (unpaired) electrons. The fourth-order valence-electron chi connectivity index (χ4n) is 2.67. The predicted molar refractivity (Wildman–Crippen MR) is 73.3 cm³/mol. The van der Waals surface area contributed by atoms with Crippen molar-refractivity contribution < 1.29 is 9.90 Å². The van der Waals surface area contributed by atoms with Gasteiger partial charge >= 0.3 is 0 Å². The Hall–Kier alpha value is -0.610. The van der Waals surface area contributed by atoms with Gasteiger partial charge in [-0.05, 0) is 51.0 Å². The van der Waals surface area contributed by atoms with Crippen molar-refractivity contribution in [2.75, 3.05) is 19.7 Å². The quantitative estimate of drug-likeness (QED) is 0.643. The average Bonchev–Trinajstić information content (AvgIpc) is 2.73. The van der Waals surface area contributed by atoms with Gasteiger partial charge in [0.25, 0.3) is 0 Å². The molecule has 2 unspecified atom stereocenters. The van der Waals surface area contributed by atoms with Crippen LogP contribution in [0.2, 0.25) is 0 Å². The van der Waals surface area contributed by atoms with Gasteiger partial charge in [0.1, 0.15) is 0 Å². The highest BCUT2D eigenvalue weighted by Gasteiger charge is 2.35. The molecule has 3 N–H and O–H groups in total. The molecule has 4 nitrogen and oxygen atoms in total. The van der Waals surface area contributed by atoms with Crippen LogP contribution in [-0.4, -0.2) is 36.2 Å². The van der Waals surface area contributed by atoms with Gasteiger partial charge in [0.05, 0.1) is 5.54 Å². The SMILES string of the molecule is CC(C)CC(CCO)CNC(=O)C1(C)CCCN1. The first-order valence-corrected chi connectivity index (χ1v) is 7.12. The smallest absolute Gasteiger partial charge is 0.240 e. The first-order chi connectivity index (χ1) is 8.48. The van der Waals surface area contributed by atoms with Crippen LogP contribution >= 0.6 is 0 Å². The van der Waals surface area contributed by atoms with Crippen molar-refractivity contribution in [2.45, 2.75) is 52.0 Å². The maximum Gasteiger partial charge on any atom is 0.240 e. The Morgan fingerprint density at radius 3 is 2.72 bits per heavy atom. The highest BCUT2D eigenvalue weighted by molar-refractivity contribution is 5.86. The van der Waals surface area contributed by atoms with E-state index in [1.54, 1.807) is 0 Å². The Morgan fingerprint density at radius 1 is 1.50 bits per heavy atom. The number of aliphatic hydroxyl groups is 1. The van der Waals surface area contributed by atoms with E-state index < -0.39 is 0 Å². The molecular weight excluding hydrogens is 228 g/mol. The van der Waals surface area contributed by atoms with Gasteiger partial charge in [-0.2, -0.15) is 0 Å². The van der Waals surface area contributed by atoms with Crippen LogP contribution in [0.3, 0.4) is 0 Å². The Kier molecular flexibility index (Phi) is 6.09. The van der Waals surface area contributed by atoms with Crippen LogP contribution in [0, 0.1) is 11.8 Å².